The lowest BCUT2D eigenvalue weighted by Gasteiger charge is -2.16. The molecule has 2 aromatic rings. The number of nitrogens with one attached hydrogen (secondary N) is 2. The van der Waals surface area contributed by atoms with Crippen molar-refractivity contribution < 1.29 is 40.8 Å². The summed E-state index contributed by atoms with van der Waals surface area (Å²) in [5, 5.41) is 13.6. The third-order valence-electron chi connectivity index (χ3n) is 4.76. The quantitative estimate of drug-likeness (QED) is 0.508. The number of carboxylic acid groups (broad SMARTS) is 1. The number of hydrogen-bond donors (Lipinski definition) is 3. The van der Waals surface area contributed by atoms with Crippen molar-refractivity contribution in [1.82, 2.24) is 10.5 Å². The van der Waals surface area contributed by atoms with Gasteiger partial charge >= 0.3 is 12.1 Å². The third-order valence-corrected chi connectivity index (χ3v) is 6.39. The molecular weight excluding hydrogens is 467 g/mol. The molecule has 9 nitrogen and oxygen atoms in total. The fourth-order valence-electron chi connectivity index (χ4n) is 3.03. The standard InChI is InChI=1S/C18H21N3O4S.C2HF3O2/c1-4-11-19-17(22)18(9-10-18)14-5-7-15(8-6-14)21-26(23,24)16-12(2)20-25-13(16)3;3-2(4,5)1(6)7/h4-8,21H,1,9-11H2,2-3H3,(H,19,22);(H,6,7). The van der Waals surface area contributed by atoms with Crippen LogP contribution < -0.4 is 10.0 Å². The number of sulfonamides is 1. The van der Waals surface area contributed by atoms with E-state index in [1.807, 2.05) is 0 Å². The fraction of sp³-hybridized carbons (Fsp3) is 0.350. The Morgan fingerprint density at radius 2 is 1.79 bits per heavy atom. The Kier molecular flexibility index (Phi) is 7.57. The number of nitrogens with zero attached hydrogens (tertiary/aromatic N) is 1. The van der Waals surface area contributed by atoms with Crippen LogP contribution in [0.1, 0.15) is 29.9 Å². The Morgan fingerprint density at radius 1 is 1.24 bits per heavy atom. The molecule has 1 saturated carbocycles. The molecule has 3 rings (SSSR count). The normalized spacial score (nSPS) is 14.5. The maximum atomic E-state index is 12.5. The molecule has 3 N–H and O–H groups in total. The number of carboxylic acids is 1. The van der Waals surface area contributed by atoms with Gasteiger partial charge in [-0.2, -0.15) is 13.2 Å². The van der Waals surface area contributed by atoms with E-state index in [2.05, 4.69) is 21.8 Å². The minimum Gasteiger partial charge on any atom is -0.475 e. The van der Waals surface area contributed by atoms with Crippen LogP contribution in [0.3, 0.4) is 0 Å². The lowest BCUT2D eigenvalue weighted by atomic mass is 9.95. The highest BCUT2D eigenvalue weighted by atomic mass is 32.2. The van der Waals surface area contributed by atoms with Crippen LogP contribution in [0, 0.1) is 13.8 Å². The molecule has 180 valence electrons. The van der Waals surface area contributed by atoms with Crippen LogP contribution in [-0.2, 0) is 25.0 Å². The topological polar surface area (TPSA) is 139 Å². The van der Waals surface area contributed by atoms with Gasteiger partial charge in [0.05, 0.1) is 5.41 Å². The zero-order chi connectivity index (χ0) is 25.0. The molecule has 33 heavy (non-hydrogen) atoms. The second-order valence-corrected chi connectivity index (χ2v) is 8.84. The highest BCUT2D eigenvalue weighted by Gasteiger charge is 2.51. The summed E-state index contributed by atoms with van der Waals surface area (Å²) in [6, 6.07) is 6.88. The van der Waals surface area contributed by atoms with Crippen LogP contribution in [0.2, 0.25) is 0 Å². The van der Waals surface area contributed by atoms with Crippen LogP contribution in [0.25, 0.3) is 0 Å². The van der Waals surface area contributed by atoms with Crippen molar-refractivity contribution in [2.24, 2.45) is 0 Å². The van der Waals surface area contributed by atoms with Crippen LogP contribution in [0.5, 0.6) is 0 Å². The van der Waals surface area contributed by atoms with Crippen LogP contribution in [-0.4, -0.2) is 43.3 Å². The SMILES string of the molecule is C=CCNC(=O)C1(c2ccc(NS(=O)(=O)c3c(C)noc3C)cc2)CC1.O=C(O)C(F)(F)F. The molecule has 13 heteroatoms. The number of rotatable bonds is 7. The van der Waals surface area contributed by atoms with Gasteiger partial charge in [-0.3, -0.25) is 9.52 Å². The Balaban J connectivity index is 0.000000479. The monoisotopic (exact) mass is 489 g/mol. The van der Waals surface area contributed by atoms with Gasteiger partial charge in [0, 0.05) is 12.2 Å². The number of anilines is 1. The molecule has 0 spiro atoms. The van der Waals surface area contributed by atoms with E-state index in [1.165, 1.54) is 0 Å². The predicted molar refractivity (Wildman–Crippen MR) is 111 cm³/mol. The first kappa shape index (κ1) is 25.9. The van der Waals surface area contributed by atoms with E-state index in [4.69, 9.17) is 14.4 Å². The number of aryl methyl sites for hydroxylation is 2. The first-order valence-corrected chi connectivity index (χ1v) is 11.0. The highest BCUT2D eigenvalue weighted by Crippen LogP contribution is 2.48. The maximum absolute atomic E-state index is 12.5. The molecule has 0 bridgehead atoms. The van der Waals surface area contributed by atoms with E-state index in [1.54, 1.807) is 44.2 Å². The first-order valence-electron chi connectivity index (χ1n) is 9.50. The number of aliphatic carboxylic acids is 1. The maximum Gasteiger partial charge on any atom is 0.490 e. The molecule has 1 fully saturated rings. The molecule has 0 unspecified atom stereocenters. The van der Waals surface area contributed by atoms with Crippen LogP contribution in [0.15, 0.2) is 46.3 Å². The molecule has 0 atom stereocenters. The van der Waals surface area contributed by atoms with Crippen molar-refractivity contribution in [3.8, 4) is 0 Å². The summed E-state index contributed by atoms with van der Waals surface area (Å²) in [5.41, 5.74) is 1.08. The fourth-order valence-corrected chi connectivity index (χ4v) is 4.42. The van der Waals surface area contributed by atoms with Gasteiger partial charge in [0.15, 0.2) is 10.7 Å². The number of hydrogen-bond acceptors (Lipinski definition) is 6. The molecule has 1 aromatic carbocycles. The molecule has 0 aliphatic heterocycles. The number of benzene rings is 1. The molecule has 0 radical (unpaired) electrons. The van der Waals surface area contributed by atoms with Crippen molar-refractivity contribution >= 4 is 27.6 Å². The Hall–Kier alpha value is -3.35. The highest BCUT2D eigenvalue weighted by molar-refractivity contribution is 7.92. The predicted octanol–water partition coefficient (Wildman–Crippen LogP) is 3.06. The van der Waals surface area contributed by atoms with E-state index >= 15 is 0 Å². The van der Waals surface area contributed by atoms with Gasteiger partial charge in [-0.1, -0.05) is 23.4 Å². The number of halogens is 3. The number of carbonyl (C=O) groups is 2. The smallest absolute Gasteiger partial charge is 0.475 e. The van der Waals surface area contributed by atoms with Gasteiger partial charge in [0.25, 0.3) is 10.0 Å². The Morgan fingerprint density at radius 3 is 2.18 bits per heavy atom. The van der Waals surface area contributed by atoms with Crippen LogP contribution >= 0.6 is 0 Å². The van der Waals surface area contributed by atoms with Gasteiger partial charge in [0.1, 0.15) is 5.69 Å². The molecule has 1 heterocycles. The molecule has 0 saturated heterocycles. The van der Waals surface area contributed by atoms with Crippen molar-refractivity contribution in [1.29, 1.82) is 0 Å². The summed E-state index contributed by atoms with van der Waals surface area (Å²) in [7, 11) is -3.79. The molecule has 1 aromatic heterocycles. The lowest BCUT2D eigenvalue weighted by Crippen LogP contribution is -2.34. The summed E-state index contributed by atoms with van der Waals surface area (Å²) in [6.07, 6.45) is -1.89. The Labute approximate surface area is 187 Å². The number of amides is 1. The second kappa shape index (κ2) is 9.65. The van der Waals surface area contributed by atoms with Crippen molar-refractivity contribution in [3.63, 3.8) is 0 Å². The summed E-state index contributed by atoms with van der Waals surface area (Å²) >= 11 is 0. The number of aromatic nitrogens is 1. The van der Waals surface area contributed by atoms with Crippen LogP contribution in [0.4, 0.5) is 18.9 Å². The molecular formula is C20H22F3N3O6S. The second-order valence-electron chi connectivity index (χ2n) is 7.22. The van der Waals surface area contributed by atoms with Crippen molar-refractivity contribution in [2.75, 3.05) is 11.3 Å². The zero-order valence-electron chi connectivity index (χ0n) is 17.7. The summed E-state index contributed by atoms with van der Waals surface area (Å²) < 4.78 is 64.3. The van der Waals surface area contributed by atoms with Gasteiger partial charge in [-0.05, 0) is 44.4 Å². The van der Waals surface area contributed by atoms with Crippen molar-refractivity contribution in [3.05, 3.63) is 53.9 Å². The summed E-state index contributed by atoms with van der Waals surface area (Å²) in [4.78, 5) is 21.3. The van der Waals surface area contributed by atoms with E-state index in [-0.39, 0.29) is 16.6 Å². The van der Waals surface area contributed by atoms with E-state index < -0.39 is 27.6 Å². The number of carbonyl (C=O) groups excluding carboxylic acids is 1. The molecule has 1 aliphatic rings. The largest absolute Gasteiger partial charge is 0.490 e. The van der Waals surface area contributed by atoms with E-state index in [0.717, 1.165) is 18.4 Å². The van der Waals surface area contributed by atoms with Gasteiger partial charge < -0.3 is 14.9 Å². The average molecular weight is 489 g/mol. The number of alkyl halides is 3. The molecule has 1 aliphatic carbocycles. The Bertz CT molecular complexity index is 1120. The molecule has 1 amide bonds. The lowest BCUT2D eigenvalue weighted by molar-refractivity contribution is -0.192. The average Bonchev–Trinajstić information content (AvgIpc) is 3.45. The zero-order valence-corrected chi connectivity index (χ0v) is 18.5. The van der Waals surface area contributed by atoms with Gasteiger partial charge in [-0.15, -0.1) is 6.58 Å². The third kappa shape index (κ3) is 6.12. The minimum absolute atomic E-state index is 0.0264. The minimum atomic E-state index is -5.08. The van der Waals surface area contributed by atoms with Crippen molar-refractivity contribution in [2.45, 2.75) is 43.2 Å². The first-order chi connectivity index (χ1) is 15.2. The van der Waals surface area contributed by atoms with E-state index in [0.29, 0.717) is 17.9 Å². The summed E-state index contributed by atoms with van der Waals surface area (Å²) in [5.74, 6) is -2.55. The van der Waals surface area contributed by atoms with Gasteiger partial charge in [0.2, 0.25) is 5.91 Å². The van der Waals surface area contributed by atoms with Gasteiger partial charge in [-0.25, -0.2) is 13.2 Å². The summed E-state index contributed by atoms with van der Waals surface area (Å²) in [6.45, 7) is 7.15. The van der Waals surface area contributed by atoms with E-state index in [9.17, 15) is 26.4 Å².